The molecule has 0 fully saturated rings. The predicted octanol–water partition coefficient (Wildman–Crippen LogP) is 4.81. The molecule has 3 aliphatic heterocycles. The van der Waals surface area contributed by atoms with E-state index in [4.69, 9.17) is 9.72 Å². The Kier molecular flexibility index (Phi) is 2.25. The van der Waals surface area contributed by atoms with Crippen LogP contribution in [0.2, 0.25) is 0 Å². The first-order valence-corrected chi connectivity index (χ1v) is 12.2. The Hall–Kier alpha value is -4.97. The largest absolute Gasteiger partial charge is 0.456 e. The number of hydrogen-bond acceptors (Lipinski definition) is 2. The summed E-state index contributed by atoms with van der Waals surface area (Å²) in [5.74, 6) is 1.84. The monoisotopic (exact) mass is 461 g/mol. The summed E-state index contributed by atoms with van der Waals surface area (Å²) in [5.41, 5.74) is 7.61. The first-order chi connectivity index (χ1) is 17.9. The minimum atomic E-state index is -0.551. The van der Waals surface area contributed by atoms with Gasteiger partial charge in [-0.2, -0.15) is 17.9 Å². The summed E-state index contributed by atoms with van der Waals surface area (Å²) < 4.78 is 16.3. The molecule has 0 N–H and O–H groups in total. The highest BCUT2D eigenvalue weighted by Gasteiger charge is 2.65. The van der Waals surface area contributed by atoms with Gasteiger partial charge in [-0.05, 0) is 42.5 Å². The third-order valence-corrected chi connectivity index (χ3v) is 8.79. The molecule has 0 amide bonds. The summed E-state index contributed by atoms with van der Waals surface area (Å²) in [6, 6.07) is 21.6. The van der Waals surface area contributed by atoms with Crippen LogP contribution in [0.15, 0.2) is 91.6 Å². The molecule has 11 rings (SSSR count). The second-order valence-electron chi connectivity index (χ2n) is 10.1. The van der Waals surface area contributed by atoms with Gasteiger partial charge < -0.3 is 4.74 Å². The molecule has 164 valence electrons. The fourth-order valence-electron chi connectivity index (χ4n) is 7.64. The highest BCUT2D eigenvalue weighted by Crippen LogP contribution is 2.57. The number of ether oxygens (including phenoxy) is 1. The number of benzene rings is 3. The first kappa shape index (κ1) is 16.6. The molecule has 1 unspecified atom stereocenters. The van der Waals surface area contributed by atoms with Crippen LogP contribution in [-0.4, -0.2) is 13.8 Å². The van der Waals surface area contributed by atoms with E-state index in [9.17, 15) is 0 Å². The van der Waals surface area contributed by atoms with Gasteiger partial charge in [-0.3, -0.25) is 4.98 Å². The number of hydrogen-bond donors (Lipinski definition) is 0. The van der Waals surface area contributed by atoms with Gasteiger partial charge >= 0.3 is 5.66 Å². The molecule has 3 aliphatic rings. The SMILES string of the molecule is c1ccc2c(c1)c1ccc3c4c1c1n2cc[n+]1C41c2c(ccc4c5ncccc5n5cc[n+]1c5c24)O3. The summed E-state index contributed by atoms with van der Waals surface area (Å²) in [4.78, 5) is 4.83. The molecule has 36 heavy (non-hydrogen) atoms. The Labute approximate surface area is 202 Å². The second-order valence-corrected chi connectivity index (χ2v) is 10.1. The van der Waals surface area contributed by atoms with Crippen LogP contribution >= 0.6 is 0 Å². The molecule has 0 bridgehead atoms. The van der Waals surface area contributed by atoms with Crippen LogP contribution in [0.25, 0.3) is 54.8 Å². The lowest BCUT2D eigenvalue weighted by Gasteiger charge is -2.30. The number of pyridine rings is 3. The van der Waals surface area contributed by atoms with Crippen molar-refractivity contribution in [3.8, 4) is 11.5 Å². The molecule has 0 saturated carbocycles. The van der Waals surface area contributed by atoms with Gasteiger partial charge in [0.05, 0.1) is 10.8 Å². The van der Waals surface area contributed by atoms with Crippen LogP contribution < -0.4 is 13.9 Å². The van der Waals surface area contributed by atoms with E-state index in [1.807, 2.05) is 12.3 Å². The summed E-state index contributed by atoms with van der Waals surface area (Å²) in [6.07, 6.45) is 10.8. The van der Waals surface area contributed by atoms with Crippen molar-refractivity contribution in [3.05, 3.63) is 103 Å². The van der Waals surface area contributed by atoms with E-state index in [-0.39, 0.29) is 0 Å². The van der Waals surface area contributed by atoms with Crippen molar-refractivity contribution in [2.75, 3.05) is 0 Å². The lowest BCUT2D eigenvalue weighted by atomic mass is 9.85. The summed E-state index contributed by atoms with van der Waals surface area (Å²) in [5, 5.41) is 6.16. The molecular formula is C30H15N5O+2. The molecule has 8 heterocycles. The summed E-state index contributed by atoms with van der Waals surface area (Å²) in [6.45, 7) is 0. The Bertz CT molecular complexity index is 2240. The van der Waals surface area contributed by atoms with Crippen LogP contribution in [0.5, 0.6) is 11.5 Å². The maximum atomic E-state index is 6.70. The second kappa shape index (κ2) is 4.88. The number of rotatable bonds is 0. The molecule has 1 spiro atoms. The van der Waals surface area contributed by atoms with Gasteiger partial charge in [0.25, 0.3) is 11.3 Å². The molecule has 8 aromatic rings. The molecule has 5 aromatic heterocycles. The highest BCUT2D eigenvalue weighted by molar-refractivity contribution is 6.16. The van der Waals surface area contributed by atoms with E-state index in [2.05, 4.69) is 97.3 Å². The van der Waals surface area contributed by atoms with Crippen molar-refractivity contribution in [2.45, 2.75) is 5.66 Å². The first-order valence-electron chi connectivity index (χ1n) is 12.2. The third-order valence-electron chi connectivity index (χ3n) is 8.79. The Morgan fingerprint density at radius 3 is 2.14 bits per heavy atom. The molecular weight excluding hydrogens is 446 g/mol. The fourth-order valence-corrected chi connectivity index (χ4v) is 7.64. The van der Waals surface area contributed by atoms with E-state index in [1.165, 1.54) is 49.5 Å². The van der Waals surface area contributed by atoms with E-state index in [0.717, 1.165) is 27.9 Å². The number of fused-ring (bicyclic) bond motifs is 6. The van der Waals surface area contributed by atoms with Gasteiger partial charge in [0.2, 0.25) is 0 Å². The van der Waals surface area contributed by atoms with Crippen molar-refractivity contribution < 1.29 is 13.9 Å². The van der Waals surface area contributed by atoms with E-state index in [1.54, 1.807) is 0 Å². The summed E-state index contributed by atoms with van der Waals surface area (Å²) in [7, 11) is 0. The predicted molar refractivity (Wildman–Crippen MR) is 135 cm³/mol. The van der Waals surface area contributed by atoms with Gasteiger partial charge in [0, 0.05) is 22.4 Å². The molecule has 1 atom stereocenters. The minimum Gasteiger partial charge on any atom is -0.456 e. The van der Waals surface area contributed by atoms with Crippen LogP contribution in [0.4, 0.5) is 0 Å². The molecule has 6 nitrogen and oxygen atoms in total. The third kappa shape index (κ3) is 1.37. The topological polar surface area (TPSA) is 38.7 Å². The quantitative estimate of drug-likeness (QED) is 0.240. The van der Waals surface area contributed by atoms with E-state index in [0.29, 0.717) is 0 Å². The number of nitrogens with zero attached hydrogens (tertiary/aromatic N) is 5. The van der Waals surface area contributed by atoms with Crippen molar-refractivity contribution >= 4 is 54.8 Å². The van der Waals surface area contributed by atoms with Crippen LogP contribution in [0.1, 0.15) is 11.1 Å². The van der Waals surface area contributed by atoms with Crippen molar-refractivity contribution in [1.29, 1.82) is 0 Å². The lowest BCUT2D eigenvalue weighted by Crippen LogP contribution is -2.71. The summed E-state index contributed by atoms with van der Waals surface area (Å²) >= 11 is 0. The molecule has 3 aromatic carbocycles. The van der Waals surface area contributed by atoms with Gasteiger partial charge in [-0.15, -0.1) is 0 Å². The normalized spacial score (nSPS) is 18.3. The maximum Gasteiger partial charge on any atom is 0.315 e. The zero-order valence-corrected chi connectivity index (χ0v) is 18.8. The smallest absolute Gasteiger partial charge is 0.315 e. The minimum absolute atomic E-state index is 0.551. The number of imidazole rings is 2. The average molecular weight is 461 g/mol. The van der Waals surface area contributed by atoms with E-state index < -0.39 is 5.66 Å². The fraction of sp³-hybridized carbons (Fsp3) is 0.0333. The van der Waals surface area contributed by atoms with Crippen molar-refractivity contribution in [2.24, 2.45) is 0 Å². The van der Waals surface area contributed by atoms with Crippen molar-refractivity contribution in [1.82, 2.24) is 13.8 Å². The van der Waals surface area contributed by atoms with Crippen molar-refractivity contribution in [3.63, 3.8) is 0 Å². The van der Waals surface area contributed by atoms with E-state index >= 15 is 0 Å². The zero-order chi connectivity index (χ0) is 22.9. The highest BCUT2D eigenvalue weighted by atomic mass is 16.5. The average Bonchev–Trinajstić information content (AvgIpc) is 3.68. The van der Waals surface area contributed by atoms with Gasteiger partial charge in [0.1, 0.15) is 58.4 Å². The standard InChI is InChI=1S/C30H15N5O/c1-2-5-19-16(4-1)17-7-9-21-25-23(17)28-32(19)12-14-34(28)30(25)26-22(36-21)10-8-18-24(26)29-33(13-15-35(29)30)20-6-3-11-31-27(18)20/h1-15H/q+2. The molecule has 0 radical (unpaired) electrons. The lowest BCUT2D eigenvalue weighted by molar-refractivity contribution is -0.944. The van der Waals surface area contributed by atoms with Crippen LogP contribution in [0.3, 0.4) is 0 Å². The zero-order valence-electron chi connectivity index (χ0n) is 18.8. The number of aromatic nitrogens is 5. The number of para-hydroxylation sites is 1. The maximum absolute atomic E-state index is 6.70. The van der Waals surface area contributed by atoms with Gasteiger partial charge in [0.15, 0.2) is 5.52 Å². The molecule has 0 aliphatic carbocycles. The Morgan fingerprint density at radius 2 is 1.33 bits per heavy atom. The molecule has 6 heteroatoms. The Balaban J connectivity index is 1.50. The van der Waals surface area contributed by atoms with Gasteiger partial charge in [-0.1, -0.05) is 18.2 Å². The molecule has 0 saturated heterocycles. The Morgan fingerprint density at radius 1 is 0.667 bits per heavy atom. The van der Waals surface area contributed by atoms with Gasteiger partial charge in [-0.25, -0.2) is 0 Å². The van der Waals surface area contributed by atoms with Crippen LogP contribution in [-0.2, 0) is 5.66 Å². The van der Waals surface area contributed by atoms with Crippen LogP contribution in [0, 0.1) is 0 Å².